The molecule has 0 fully saturated rings. The Morgan fingerprint density at radius 1 is 1.56 bits per heavy atom. The number of nitrogens with zero attached hydrogens (tertiary/aromatic N) is 2. The third-order valence-electron chi connectivity index (χ3n) is 2.92. The Hall–Kier alpha value is -1.20. The molecule has 0 saturated heterocycles. The van der Waals surface area contributed by atoms with Gasteiger partial charge in [-0.05, 0) is 19.5 Å². The first kappa shape index (κ1) is 14.9. The monoisotopic (exact) mass is 255 g/mol. The molecule has 18 heavy (non-hydrogen) atoms. The molecule has 1 unspecified atom stereocenters. The Labute approximate surface area is 108 Å². The molecule has 0 aromatic carbocycles. The minimum Gasteiger partial charge on any atom is -0.383 e. The molecule has 5 heteroatoms. The normalized spacial score (nSPS) is 12.5. The number of hydrogen-bond acceptors (Lipinski definition) is 4. The summed E-state index contributed by atoms with van der Waals surface area (Å²) in [5, 5.41) is 3.11. The highest BCUT2D eigenvalue weighted by molar-refractivity contribution is 5.43. The van der Waals surface area contributed by atoms with Gasteiger partial charge in [-0.1, -0.05) is 6.92 Å². The molecule has 4 nitrogen and oxygen atoms in total. The van der Waals surface area contributed by atoms with Gasteiger partial charge in [0, 0.05) is 32.5 Å². The molecule has 1 atom stereocenters. The van der Waals surface area contributed by atoms with Gasteiger partial charge in [-0.3, -0.25) is 0 Å². The highest BCUT2D eigenvalue weighted by Gasteiger charge is 2.17. The van der Waals surface area contributed by atoms with E-state index < -0.39 is 0 Å². The van der Waals surface area contributed by atoms with Crippen LogP contribution in [0, 0.1) is 5.82 Å². The van der Waals surface area contributed by atoms with Crippen molar-refractivity contribution in [2.24, 2.45) is 0 Å². The zero-order chi connectivity index (χ0) is 13.5. The lowest BCUT2D eigenvalue weighted by molar-refractivity contribution is 0.183. The third-order valence-corrected chi connectivity index (χ3v) is 2.92. The number of hydrogen-bond donors (Lipinski definition) is 1. The van der Waals surface area contributed by atoms with Crippen LogP contribution in [0.5, 0.6) is 0 Å². The molecule has 0 bridgehead atoms. The van der Waals surface area contributed by atoms with Gasteiger partial charge in [-0.2, -0.15) is 0 Å². The van der Waals surface area contributed by atoms with Gasteiger partial charge < -0.3 is 15.0 Å². The van der Waals surface area contributed by atoms with Crippen LogP contribution in [0.15, 0.2) is 12.3 Å². The molecule has 102 valence electrons. The summed E-state index contributed by atoms with van der Waals surface area (Å²) in [6.07, 6.45) is 1.64. The van der Waals surface area contributed by atoms with Crippen LogP contribution < -0.4 is 10.2 Å². The smallest absolute Gasteiger partial charge is 0.170 e. The summed E-state index contributed by atoms with van der Waals surface area (Å²) >= 11 is 0. The standard InChI is InChI=1S/C13H22FN3O/c1-5-15-8-11-6-7-16-13(12(11)14)17(3)10(2)9-18-4/h6-7,10,15H,5,8-9H2,1-4H3. The maximum absolute atomic E-state index is 14.3. The molecule has 1 rings (SSSR count). The number of likely N-dealkylation sites (N-methyl/N-ethyl adjacent to an activating group) is 1. The van der Waals surface area contributed by atoms with E-state index in [2.05, 4.69) is 10.3 Å². The second-order valence-electron chi connectivity index (χ2n) is 4.30. The van der Waals surface area contributed by atoms with Gasteiger partial charge in [0.15, 0.2) is 11.6 Å². The molecule has 0 amide bonds. The minimum absolute atomic E-state index is 0.0754. The molecule has 0 saturated carbocycles. The number of aromatic nitrogens is 1. The number of halogens is 1. The molecule has 0 aliphatic rings. The first-order valence-corrected chi connectivity index (χ1v) is 6.17. The van der Waals surface area contributed by atoms with Gasteiger partial charge in [0.05, 0.1) is 12.6 Å². The predicted molar refractivity (Wildman–Crippen MR) is 71.3 cm³/mol. The Morgan fingerprint density at radius 2 is 2.28 bits per heavy atom. The number of ether oxygens (including phenoxy) is 1. The van der Waals surface area contributed by atoms with Crippen molar-refractivity contribution in [1.82, 2.24) is 10.3 Å². The van der Waals surface area contributed by atoms with Crippen molar-refractivity contribution < 1.29 is 9.13 Å². The van der Waals surface area contributed by atoms with Crippen molar-refractivity contribution in [3.63, 3.8) is 0 Å². The van der Waals surface area contributed by atoms with Crippen LogP contribution in [-0.2, 0) is 11.3 Å². The summed E-state index contributed by atoms with van der Waals surface area (Å²) in [6.45, 7) is 5.83. The summed E-state index contributed by atoms with van der Waals surface area (Å²) in [5.74, 6) is 0.110. The molecule has 1 aromatic heterocycles. The second kappa shape index (κ2) is 7.28. The average Bonchev–Trinajstić information content (AvgIpc) is 2.37. The molecular weight excluding hydrogens is 233 g/mol. The topological polar surface area (TPSA) is 37.4 Å². The van der Waals surface area contributed by atoms with E-state index in [9.17, 15) is 4.39 Å². The first-order chi connectivity index (χ1) is 8.61. The average molecular weight is 255 g/mol. The Morgan fingerprint density at radius 3 is 2.89 bits per heavy atom. The van der Waals surface area contributed by atoms with E-state index in [1.54, 1.807) is 24.3 Å². The molecule has 0 aliphatic heterocycles. The second-order valence-corrected chi connectivity index (χ2v) is 4.30. The molecule has 0 aliphatic carbocycles. The maximum Gasteiger partial charge on any atom is 0.170 e. The fourth-order valence-electron chi connectivity index (χ4n) is 1.68. The SMILES string of the molecule is CCNCc1ccnc(N(C)C(C)COC)c1F. The van der Waals surface area contributed by atoms with Crippen LogP contribution in [0.2, 0.25) is 0 Å². The van der Waals surface area contributed by atoms with Crippen LogP contribution in [0.3, 0.4) is 0 Å². The van der Waals surface area contributed by atoms with Gasteiger partial charge >= 0.3 is 0 Å². The highest BCUT2D eigenvalue weighted by Crippen LogP contribution is 2.20. The molecule has 1 aromatic rings. The fourth-order valence-corrected chi connectivity index (χ4v) is 1.68. The van der Waals surface area contributed by atoms with E-state index in [0.29, 0.717) is 24.5 Å². The number of pyridine rings is 1. The van der Waals surface area contributed by atoms with Gasteiger partial charge in [-0.15, -0.1) is 0 Å². The lowest BCUT2D eigenvalue weighted by atomic mass is 10.2. The van der Waals surface area contributed by atoms with Crippen molar-refractivity contribution in [2.45, 2.75) is 26.4 Å². The molecule has 1 heterocycles. The number of nitrogens with one attached hydrogen (secondary N) is 1. The Kier molecular flexibility index (Phi) is 6.01. The van der Waals surface area contributed by atoms with Gasteiger partial charge in [0.2, 0.25) is 0 Å². The zero-order valence-corrected chi connectivity index (χ0v) is 11.5. The Balaban J connectivity index is 2.88. The number of methoxy groups -OCH3 is 1. The minimum atomic E-state index is -0.260. The fraction of sp³-hybridized carbons (Fsp3) is 0.615. The summed E-state index contributed by atoms with van der Waals surface area (Å²) in [7, 11) is 3.46. The van der Waals surface area contributed by atoms with Crippen LogP contribution in [-0.4, -0.2) is 38.3 Å². The van der Waals surface area contributed by atoms with Crippen molar-refractivity contribution in [3.8, 4) is 0 Å². The molecular formula is C13H22FN3O. The number of anilines is 1. The molecule has 0 radical (unpaired) electrons. The van der Waals surface area contributed by atoms with Crippen molar-refractivity contribution in [2.75, 3.05) is 32.2 Å². The van der Waals surface area contributed by atoms with E-state index in [4.69, 9.17) is 4.74 Å². The van der Waals surface area contributed by atoms with Gasteiger partial charge in [0.25, 0.3) is 0 Å². The summed E-state index contributed by atoms with van der Waals surface area (Å²) in [6, 6.07) is 1.78. The van der Waals surface area contributed by atoms with Crippen LogP contribution >= 0.6 is 0 Å². The van der Waals surface area contributed by atoms with Crippen LogP contribution in [0.25, 0.3) is 0 Å². The lowest BCUT2D eigenvalue weighted by Gasteiger charge is -2.26. The Bertz CT molecular complexity index is 373. The van der Waals surface area contributed by atoms with Crippen molar-refractivity contribution in [1.29, 1.82) is 0 Å². The first-order valence-electron chi connectivity index (χ1n) is 6.17. The quantitative estimate of drug-likeness (QED) is 0.806. The van der Waals surface area contributed by atoms with Crippen molar-refractivity contribution in [3.05, 3.63) is 23.6 Å². The highest BCUT2D eigenvalue weighted by atomic mass is 19.1. The van der Waals surface area contributed by atoms with Crippen LogP contribution in [0.4, 0.5) is 10.2 Å². The molecule has 1 N–H and O–H groups in total. The lowest BCUT2D eigenvalue weighted by Crippen LogP contribution is -2.34. The van der Waals surface area contributed by atoms with E-state index in [1.807, 2.05) is 20.9 Å². The summed E-state index contributed by atoms with van der Waals surface area (Å²) in [5.41, 5.74) is 0.637. The van der Waals surface area contributed by atoms with Crippen LogP contribution in [0.1, 0.15) is 19.4 Å². The van der Waals surface area contributed by atoms with Crippen molar-refractivity contribution >= 4 is 5.82 Å². The summed E-state index contributed by atoms with van der Waals surface area (Å²) < 4.78 is 19.3. The zero-order valence-electron chi connectivity index (χ0n) is 11.5. The maximum atomic E-state index is 14.3. The van der Waals surface area contributed by atoms with E-state index in [1.165, 1.54) is 0 Å². The van der Waals surface area contributed by atoms with E-state index in [0.717, 1.165) is 6.54 Å². The molecule has 0 spiro atoms. The largest absolute Gasteiger partial charge is 0.383 e. The number of rotatable bonds is 7. The van der Waals surface area contributed by atoms with E-state index >= 15 is 0 Å². The summed E-state index contributed by atoms with van der Waals surface area (Å²) in [4.78, 5) is 5.92. The predicted octanol–water partition coefficient (Wildman–Crippen LogP) is 1.80. The van der Waals surface area contributed by atoms with Gasteiger partial charge in [-0.25, -0.2) is 9.37 Å². The van der Waals surface area contributed by atoms with E-state index in [-0.39, 0.29) is 11.9 Å². The third kappa shape index (κ3) is 3.65. The van der Waals surface area contributed by atoms with Gasteiger partial charge in [0.1, 0.15) is 0 Å².